The molecule has 0 spiro atoms. The molecule has 5 nitrogen and oxygen atoms in total. The molecule has 1 aromatic heterocycles. The fourth-order valence-corrected chi connectivity index (χ4v) is 1.98. The van der Waals surface area contributed by atoms with Gasteiger partial charge in [0.15, 0.2) is 0 Å². The summed E-state index contributed by atoms with van der Waals surface area (Å²) >= 11 is 0. The average Bonchev–Trinajstić information content (AvgIpc) is 2.79. The molecule has 0 radical (unpaired) electrons. The Balaban J connectivity index is 2.36. The van der Waals surface area contributed by atoms with E-state index < -0.39 is 5.97 Å². The highest BCUT2D eigenvalue weighted by atomic mass is 16.5. The van der Waals surface area contributed by atoms with Crippen molar-refractivity contribution < 1.29 is 14.3 Å². The molecule has 1 fully saturated rings. The van der Waals surface area contributed by atoms with Gasteiger partial charge in [-0.3, -0.25) is 9.69 Å². The lowest BCUT2D eigenvalue weighted by Gasteiger charge is -2.17. The second-order valence-corrected chi connectivity index (χ2v) is 4.07. The minimum Gasteiger partial charge on any atom is -0.465 e. The van der Waals surface area contributed by atoms with E-state index in [4.69, 9.17) is 0 Å². The number of esters is 1. The van der Waals surface area contributed by atoms with Gasteiger partial charge in [0.2, 0.25) is 5.91 Å². The predicted octanol–water partition coefficient (Wildman–Crippen LogP) is 1.41. The quantitative estimate of drug-likeness (QED) is 0.597. The highest BCUT2D eigenvalue weighted by molar-refractivity contribution is 6.02. The van der Waals surface area contributed by atoms with Crippen LogP contribution in [0, 0.1) is 5.92 Å². The first-order valence-electron chi connectivity index (χ1n) is 5.63. The van der Waals surface area contributed by atoms with Crippen LogP contribution in [0.2, 0.25) is 0 Å². The molecule has 1 saturated heterocycles. The average molecular weight is 246 g/mol. The lowest BCUT2D eigenvalue weighted by atomic mass is 10.1. The summed E-state index contributed by atoms with van der Waals surface area (Å²) in [6.07, 6.45) is 3.70. The van der Waals surface area contributed by atoms with Gasteiger partial charge in [-0.1, -0.05) is 6.08 Å². The Morgan fingerprint density at radius 3 is 3.06 bits per heavy atom. The smallest absolute Gasteiger partial charge is 0.341 e. The molecule has 1 aliphatic rings. The third-order valence-corrected chi connectivity index (χ3v) is 2.94. The van der Waals surface area contributed by atoms with Crippen molar-refractivity contribution in [2.45, 2.75) is 6.42 Å². The SMILES string of the molecule is C=CC1CC(=O)N(c2ncccc2C(=O)OC)C1. The van der Waals surface area contributed by atoms with Crippen LogP contribution in [-0.2, 0) is 9.53 Å². The lowest BCUT2D eigenvalue weighted by Crippen LogP contribution is -2.27. The number of methoxy groups -OCH3 is 1. The van der Waals surface area contributed by atoms with Gasteiger partial charge >= 0.3 is 5.97 Å². The molecule has 1 atom stereocenters. The van der Waals surface area contributed by atoms with E-state index in [1.165, 1.54) is 12.0 Å². The minimum absolute atomic E-state index is 0.0521. The molecule has 1 aromatic rings. The van der Waals surface area contributed by atoms with Crippen LogP contribution in [0.4, 0.5) is 5.82 Å². The van der Waals surface area contributed by atoms with E-state index in [-0.39, 0.29) is 11.8 Å². The number of hydrogen-bond donors (Lipinski definition) is 0. The van der Waals surface area contributed by atoms with Gasteiger partial charge in [-0.15, -0.1) is 6.58 Å². The standard InChI is InChI=1S/C13H14N2O3/c1-3-9-7-11(16)15(8-9)12-10(13(17)18-2)5-4-6-14-12/h3-6,9H,1,7-8H2,2H3. The number of ether oxygens (including phenoxy) is 1. The van der Waals surface area contributed by atoms with Crippen LogP contribution in [0.15, 0.2) is 31.0 Å². The van der Waals surface area contributed by atoms with Crippen molar-refractivity contribution in [2.75, 3.05) is 18.6 Å². The molecule has 5 heteroatoms. The summed E-state index contributed by atoms with van der Waals surface area (Å²) in [5, 5.41) is 0. The number of anilines is 1. The van der Waals surface area contributed by atoms with E-state index in [9.17, 15) is 9.59 Å². The molecule has 1 unspecified atom stereocenters. The molecule has 18 heavy (non-hydrogen) atoms. The van der Waals surface area contributed by atoms with Gasteiger partial charge in [-0.25, -0.2) is 9.78 Å². The number of nitrogens with zero attached hydrogens (tertiary/aromatic N) is 2. The van der Waals surface area contributed by atoms with Crippen LogP contribution >= 0.6 is 0 Å². The molecule has 1 amide bonds. The number of hydrogen-bond acceptors (Lipinski definition) is 4. The van der Waals surface area contributed by atoms with E-state index in [1.807, 2.05) is 0 Å². The summed E-state index contributed by atoms with van der Waals surface area (Å²) in [4.78, 5) is 29.2. The first-order chi connectivity index (χ1) is 8.67. The Bertz CT molecular complexity index is 499. The highest BCUT2D eigenvalue weighted by Crippen LogP contribution is 2.26. The van der Waals surface area contributed by atoms with E-state index >= 15 is 0 Å². The summed E-state index contributed by atoms with van der Waals surface area (Å²) in [5.74, 6) is -0.0830. The van der Waals surface area contributed by atoms with Gasteiger partial charge in [0.05, 0.1) is 7.11 Å². The Kier molecular flexibility index (Phi) is 3.41. The van der Waals surface area contributed by atoms with Crippen LogP contribution < -0.4 is 4.90 Å². The lowest BCUT2D eigenvalue weighted by molar-refractivity contribution is -0.117. The maximum Gasteiger partial charge on any atom is 0.341 e. The van der Waals surface area contributed by atoms with Gasteiger partial charge in [0.25, 0.3) is 0 Å². The van der Waals surface area contributed by atoms with E-state index in [1.54, 1.807) is 24.4 Å². The summed E-state index contributed by atoms with van der Waals surface area (Å²) < 4.78 is 4.69. The first kappa shape index (κ1) is 12.3. The van der Waals surface area contributed by atoms with Crippen molar-refractivity contribution in [3.05, 3.63) is 36.5 Å². The van der Waals surface area contributed by atoms with E-state index in [0.29, 0.717) is 24.3 Å². The first-order valence-corrected chi connectivity index (χ1v) is 5.63. The Labute approximate surface area is 105 Å². The van der Waals surface area contributed by atoms with Crippen LogP contribution in [0.5, 0.6) is 0 Å². The number of amides is 1. The second kappa shape index (κ2) is 5.00. The van der Waals surface area contributed by atoms with Crippen molar-refractivity contribution >= 4 is 17.7 Å². The molecule has 2 heterocycles. The normalized spacial score (nSPS) is 18.8. The third kappa shape index (κ3) is 2.11. The zero-order chi connectivity index (χ0) is 13.1. The minimum atomic E-state index is -0.493. The van der Waals surface area contributed by atoms with Crippen LogP contribution in [0.25, 0.3) is 0 Å². The van der Waals surface area contributed by atoms with Gasteiger partial charge in [0, 0.05) is 25.1 Å². The van der Waals surface area contributed by atoms with E-state index in [0.717, 1.165) is 0 Å². The number of aromatic nitrogens is 1. The molecular weight excluding hydrogens is 232 g/mol. The molecule has 0 aliphatic carbocycles. The van der Waals surface area contributed by atoms with E-state index in [2.05, 4.69) is 16.3 Å². The Hall–Kier alpha value is -2.17. The fourth-order valence-electron chi connectivity index (χ4n) is 1.98. The molecule has 0 bridgehead atoms. The molecule has 2 rings (SSSR count). The van der Waals surface area contributed by atoms with Crippen LogP contribution in [-0.4, -0.2) is 30.5 Å². The molecule has 1 aliphatic heterocycles. The number of carbonyl (C=O) groups is 2. The summed E-state index contributed by atoms with van der Waals surface area (Å²) in [6.45, 7) is 4.19. The van der Waals surface area contributed by atoms with Crippen molar-refractivity contribution in [1.82, 2.24) is 4.98 Å². The maximum absolute atomic E-state index is 11.9. The number of rotatable bonds is 3. The molecule has 0 saturated carbocycles. The van der Waals surface area contributed by atoms with Crippen molar-refractivity contribution in [3.63, 3.8) is 0 Å². The molecule has 0 aromatic carbocycles. The molecular formula is C13H14N2O3. The highest BCUT2D eigenvalue weighted by Gasteiger charge is 2.32. The van der Waals surface area contributed by atoms with Crippen molar-refractivity contribution in [3.8, 4) is 0 Å². The summed E-state index contributed by atoms with van der Waals surface area (Å²) in [6, 6.07) is 3.24. The van der Waals surface area contributed by atoms with Gasteiger partial charge < -0.3 is 4.74 Å². The summed E-state index contributed by atoms with van der Waals surface area (Å²) in [5.41, 5.74) is 0.304. The Morgan fingerprint density at radius 2 is 2.44 bits per heavy atom. The Morgan fingerprint density at radius 1 is 1.67 bits per heavy atom. The monoisotopic (exact) mass is 246 g/mol. The zero-order valence-corrected chi connectivity index (χ0v) is 10.1. The second-order valence-electron chi connectivity index (χ2n) is 4.07. The maximum atomic E-state index is 11.9. The summed E-state index contributed by atoms with van der Waals surface area (Å²) in [7, 11) is 1.30. The largest absolute Gasteiger partial charge is 0.465 e. The predicted molar refractivity (Wildman–Crippen MR) is 66.2 cm³/mol. The molecule has 94 valence electrons. The zero-order valence-electron chi connectivity index (χ0n) is 10.1. The molecule has 0 N–H and O–H groups in total. The third-order valence-electron chi connectivity index (χ3n) is 2.94. The number of carbonyl (C=O) groups excluding carboxylic acids is 2. The topological polar surface area (TPSA) is 59.5 Å². The van der Waals surface area contributed by atoms with Crippen LogP contribution in [0.3, 0.4) is 0 Å². The number of pyridine rings is 1. The van der Waals surface area contributed by atoms with Crippen molar-refractivity contribution in [1.29, 1.82) is 0 Å². The van der Waals surface area contributed by atoms with Gasteiger partial charge in [0.1, 0.15) is 11.4 Å². The fraction of sp³-hybridized carbons (Fsp3) is 0.308. The van der Waals surface area contributed by atoms with Crippen molar-refractivity contribution in [2.24, 2.45) is 5.92 Å². The van der Waals surface area contributed by atoms with Gasteiger partial charge in [-0.05, 0) is 12.1 Å². The van der Waals surface area contributed by atoms with Crippen LogP contribution in [0.1, 0.15) is 16.8 Å². The van der Waals surface area contributed by atoms with Gasteiger partial charge in [-0.2, -0.15) is 0 Å².